The van der Waals surface area contributed by atoms with Crippen LogP contribution in [0.5, 0.6) is 0 Å². The summed E-state index contributed by atoms with van der Waals surface area (Å²) in [5.74, 6) is 0.383. The molecule has 1 fully saturated rings. The molecule has 1 saturated heterocycles. The van der Waals surface area contributed by atoms with Gasteiger partial charge in [-0.1, -0.05) is 6.92 Å². The van der Waals surface area contributed by atoms with E-state index in [0.29, 0.717) is 25.6 Å². The molecule has 116 valence electrons. The van der Waals surface area contributed by atoms with E-state index in [-0.39, 0.29) is 18.4 Å². The molecule has 0 unspecified atom stereocenters. The fourth-order valence-electron chi connectivity index (χ4n) is 2.23. The van der Waals surface area contributed by atoms with Gasteiger partial charge in [-0.05, 0) is 18.8 Å². The summed E-state index contributed by atoms with van der Waals surface area (Å²) in [5, 5.41) is 0. The number of likely N-dealkylation sites (tertiary alicyclic amines) is 1. The molecule has 0 bridgehead atoms. The average molecular weight is 286 g/mol. The maximum atomic E-state index is 12.5. The van der Waals surface area contributed by atoms with E-state index < -0.39 is 0 Å². The highest BCUT2D eigenvalue weighted by Crippen LogP contribution is 2.17. The number of hydrogen-bond donors (Lipinski definition) is 0. The van der Waals surface area contributed by atoms with Crippen molar-refractivity contribution in [3.8, 4) is 0 Å². The number of rotatable bonds is 6. The lowest BCUT2D eigenvalue weighted by atomic mass is 9.99. The summed E-state index contributed by atoms with van der Waals surface area (Å²) in [6, 6.07) is -0.00199. The lowest BCUT2D eigenvalue weighted by molar-refractivity contribution is -0.140. The molecule has 6 heteroatoms. The van der Waals surface area contributed by atoms with E-state index in [1.54, 1.807) is 12.0 Å². The van der Waals surface area contributed by atoms with E-state index in [4.69, 9.17) is 4.74 Å². The van der Waals surface area contributed by atoms with Gasteiger partial charge >= 0.3 is 12.0 Å². The van der Waals surface area contributed by atoms with Crippen molar-refractivity contribution >= 4 is 12.0 Å². The molecule has 0 atom stereocenters. The van der Waals surface area contributed by atoms with Gasteiger partial charge < -0.3 is 19.3 Å². The largest absolute Gasteiger partial charge is 0.469 e. The second kappa shape index (κ2) is 8.79. The van der Waals surface area contributed by atoms with Gasteiger partial charge in [-0.15, -0.1) is 0 Å². The van der Waals surface area contributed by atoms with E-state index in [2.05, 4.69) is 11.7 Å². The van der Waals surface area contributed by atoms with E-state index in [9.17, 15) is 9.59 Å². The van der Waals surface area contributed by atoms with Gasteiger partial charge in [0.15, 0.2) is 0 Å². The smallest absolute Gasteiger partial charge is 0.320 e. The molecular formula is C14H26N2O4. The Balaban J connectivity index is 2.52. The number of urea groups is 1. The van der Waals surface area contributed by atoms with Crippen molar-refractivity contribution in [2.75, 3.05) is 47.0 Å². The molecule has 0 spiro atoms. The topological polar surface area (TPSA) is 59.1 Å². The summed E-state index contributed by atoms with van der Waals surface area (Å²) < 4.78 is 9.65. The first-order valence-electron chi connectivity index (χ1n) is 7.18. The first-order valence-corrected chi connectivity index (χ1v) is 7.18. The summed E-state index contributed by atoms with van der Waals surface area (Å²) in [7, 11) is 2.96. The monoisotopic (exact) mass is 286 g/mol. The molecule has 1 rings (SSSR count). The van der Waals surface area contributed by atoms with Crippen molar-refractivity contribution in [3.05, 3.63) is 0 Å². The van der Waals surface area contributed by atoms with Gasteiger partial charge in [0.05, 0.1) is 20.1 Å². The van der Waals surface area contributed by atoms with E-state index in [1.807, 2.05) is 4.90 Å². The Morgan fingerprint density at radius 2 is 1.85 bits per heavy atom. The summed E-state index contributed by atoms with van der Waals surface area (Å²) in [6.45, 7) is 5.14. The second-order valence-electron chi connectivity index (χ2n) is 5.26. The summed E-state index contributed by atoms with van der Waals surface area (Å²) in [6.07, 6.45) is 2.30. The molecule has 0 N–H and O–H groups in total. The molecule has 0 aromatic heterocycles. The molecule has 1 aliphatic rings. The number of hydrogen-bond acceptors (Lipinski definition) is 4. The van der Waals surface area contributed by atoms with Gasteiger partial charge in [0, 0.05) is 33.3 Å². The molecule has 0 saturated carbocycles. The van der Waals surface area contributed by atoms with Crippen LogP contribution in [0, 0.1) is 5.92 Å². The summed E-state index contributed by atoms with van der Waals surface area (Å²) >= 11 is 0. The van der Waals surface area contributed by atoms with Gasteiger partial charge in [0.1, 0.15) is 0 Å². The van der Waals surface area contributed by atoms with Crippen molar-refractivity contribution in [1.82, 2.24) is 9.80 Å². The number of ether oxygens (including phenoxy) is 2. The quantitative estimate of drug-likeness (QED) is 0.692. The van der Waals surface area contributed by atoms with E-state index in [0.717, 1.165) is 25.9 Å². The van der Waals surface area contributed by atoms with Gasteiger partial charge in [0.25, 0.3) is 0 Å². The number of methoxy groups -OCH3 is 2. The maximum absolute atomic E-state index is 12.5. The van der Waals surface area contributed by atoms with Crippen LogP contribution in [0.1, 0.15) is 26.2 Å². The minimum atomic E-state index is -0.299. The normalized spacial score (nSPS) is 16.1. The molecule has 0 aromatic rings. The van der Waals surface area contributed by atoms with Crippen LogP contribution in [0.4, 0.5) is 4.79 Å². The Hall–Kier alpha value is -1.30. The Kier molecular flexibility index (Phi) is 7.36. The fourth-order valence-corrected chi connectivity index (χ4v) is 2.23. The lowest BCUT2D eigenvalue weighted by Gasteiger charge is -2.34. The predicted molar refractivity (Wildman–Crippen MR) is 75.4 cm³/mol. The van der Waals surface area contributed by atoms with Crippen LogP contribution in [0.2, 0.25) is 0 Å². The predicted octanol–water partition coefficient (Wildman–Crippen LogP) is 1.35. The van der Waals surface area contributed by atoms with Crippen LogP contribution in [0.3, 0.4) is 0 Å². The Morgan fingerprint density at radius 3 is 2.40 bits per heavy atom. The van der Waals surface area contributed by atoms with Crippen molar-refractivity contribution in [1.29, 1.82) is 0 Å². The van der Waals surface area contributed by atoms with Crippen LogP contribution >= 0.6 is 0 Å². The van der Waals surface area contributed by atoms with Crippen LogP contribution < -0.4 is 0 Å². The van der Waals surface area contributed by atoms with Crippen LogP contribution in [-0.4, -0.2) is 68.8 Å². The first-order chi connectivity index (χ1) is 9.58. The van der Waals surface area contributed by atoms with Crippen LogP contribution in [0.25, 0.3) is 0 Å². The lowest BCUT2D eigenvalue weighted by Crippen LogP contribution is -2.48. The SMILES string of the molecule is COCCN(CCC(=O)OC)C(=O)N1CCC(C)CC1. The number of esters is 1. The first kappa shape index (κ1) is 16.8. The number of nitrogens with zero attached hydrogens (tertiary/aromatic N) is 2. The third-order valence-electron chi connectivity index (χ3n) is 3.70. The molecule has 1 heterocycles. The Labute approximate surface area is 121 Å². The van der Waals surface area contributed by atoms with E-state index in [1.165, 1.54) is 7.11 Å². The van der Waals surface area contributed by atoms with Gasteiger partial charge in [-0.25, -0.2) is 4.79 Å². The van der Waals surface area contributed by atoms with Crippen LogP contribution in [0.15, 0.2) is 0 Å². The second-order valence-corrected chi connectivity index (χ2v) is 5.26. The highest BCUT2D eigenvalue weighted by atomic mass is 16.5. The Morgan fingerprint density at radius 1 is 1.20 bits per heavy atom. The number of piperidine rings is 1. The summed E-state index contributed by atoms with van der Waals surface area (Å²) in [5.41, 5.74) is 0. The average Bonchev–Trinajstić information content (AvgIpc) is 2.47. The zero-order chi connectivity index (χ0) is 15.0. The highest BCUT2D eigenvalue weighted by Gasteiger charge is 2.24. The summed E-state index contributed by atoms with van der Waals surface area (Å²) in [4.78, 5) is 27.2. The third-order valence-corrected chi connectivity index (χ3v) is 3.70. The van der Waals surface area contributed by atoms with Crippen LogP contribution in [-0.2, 0) is 14.3 Å². The van der Waals surface area contributed by atoms with Crippen molar-refractivity contribution in [2.24, 2.45) is 5.92 Å². The molecule has 0 radical (unpaired) electrons. The number of carbonyl (C=O) groups is 2. The van der Waals surface area contributed by atoms with Gasteiger partial charge in [-0.3, -0.25) is 4.79 Å². The highest BCUT2D eigenvalue weighted by molar-refractivity contribution is 5.76. The molecule has 2 amide bonds. The van der Waals surface area contributed by atoms with Gasteiger partial charge in [-0.2, -0.15) is 0 Å². The number of amides is 2. The zero-order valence-corrected chi connectivity index (χ0v) is 12.8. The maximum Gasteiger partial charge on any atom is 0.320 e. The zero-order valence-electron chi connectivity index (χ0n) is 12.8. The van der Waals surface area contributed by atoms with Gasteiger partial charge in [0.2, 0.25) is 0 Å². The fraction of sp³-hybridized carbons (Fsp3) is 0.857. The van der Waals surface area contributed by atoms with E-state index >= 15 is 0 Å². The standard InChI is InChI=1S/C14H26N2O4/c1-12-4-7-15(8-5-12)14(18)16(10-11-19-2)9-6-13(17)20-3/h12H,4-11H2,1-3H3. The minimum Gasteiger partial charge on any atom is -0.469 e. The molecule has 20 heavy (non-hydrogen) atoms. The third kappa shape index (κ3) is 5.36. The molecule has 0 aliphatic carbocycles. The molecular weight excluding hydrogens is 260 g/mol. The molecule has 0 aromatic carbocycles. The Bertz CT molecular complexity index is 314. The molecule has 6 nitrogen and oxygen atoms in total. The number of carbonyl (C=O) groups excluding carboxylic acids is 2. The van der Waals surface area contributed by atoms with Crippen molar-refractivity contribution in [3.63, 3.8) is 0 Å². The van der Waals surface area contributed by atoms with Crippen molar-refractivity contribution < 1.29 is 19.1 Å². The molecule has 1 aliphatic heterocycles. The van der Waals surface area contributed by atoms with Crippen molar-refractivity contribution in [2.45, 2.75) is 26.2 Å². The minimum absolute atomic E-state index is 0.00199.